The summed E-state index contributed by atoms with van der Waals surface area (Å²) < 4.78 is 56.6. The van der Waals surface area contributed by atoms with Crippen molar-refractivity contribution in [3.05, 3.63) is 84.4 Å². The van der Waals surface area contributed by atoms with Gasteiger partial charge in [0.1, 0.15) is 6.61 Å². The number of phenols is 1. The Bertz CT molecular complexity index is 942. The molecule has 0 amide bonds. The summed E-state index contributed by atoms with van der Waals surface area (Å²) in [5, 5.41) is 9.10. The van der Waals surface area contributed by atoms with Crippen LogP contribution in [0.5, 0.6) is 23.0 Å². The largest absolute Gasteiger partial charge is 0.504 e. The number of ether oxygens (including phenoxy) is 3. The number of methoxy groups -OCH3 is 2. The SMILES string of the molecule is [2H]C([2H])([2H])Oc1ccccc1O.[2H]C([2H])([2H])Oc1ccccc1OCc1ccccc1. The molecule has 4 heteroatoms. The summed E-state index contributed by atoms with van der Waals surface area (Å²) in [7, 11) is -4.99. The quantitative estimate of drug-likeness (QED) is 0.730. The highest BCUT2D eigenvalue weighted by Crippen LogP contribution is 2.26. The lowest BCUT2D eigenvalue weighted by Gasteiger charge is -2.09. The third kappa shape index (κ3) is 5.77. The number of rotatable bonds is 5. The van der Waals surface area contributed by atoms with E-state index in [2.05, 4.69) is 4.74 Å². The van der Waals surface area contributed by atoms with Gasteiger partial charge in [-0.15, -0.1) is 0 Å². The van der Waals surface area contributed by atoms with E-state index in [9.17, 15) is 0 Å². The molecule has 0 saturated carbocycles. The summed E-state index contributed by atoms with van der Waals surface area (Å²) in [6.45, 7) is 0.363. The number of benzene rings is 3. The Morgan fingerprint density at radius 1 is 0.720 bits per heavy atom. The van der Waals surface area contributed by atoms with Crippen LogP contribution in [0, 0.1) is 0 Å². The Balaban J connectivity index is 0.000000245. The van der Waals surface area contributed by atoms with Gasteiger partial charge in [0.05, 0.1) is 22.3 Å². The van der Waals surface area contributed by atoms with Gasteiger partial charge in [0, 0.05) is 0 Å². The molecule has 0 heterocycles. The maximum Gasteiger partial charge on any atom is 0.161 e. The van der Waals surface area contributed by atoms with Crippen LogP contribution in [0.3, 0.4) is 0 Å². The van der Waals surface area contributed by atoms with Crippen LogP contribution in [-0.2, 0) is 6.61 Å². The third-order valence-electron chi connectivity index (χ3n) is 3.17. The number of hydrogen-bond donors (Lipinski definition) is 1. The molecule has 0 spiro atoms. The van der Waals surface area contributed by atoms with Crippen LogP contribution in [-0.4, -0.2) is 19.2 Å². The average molecular weight is 344 g/mol. The fraction of sp³-hybridized carbons (Fsp3) is 0.143. The molecule has 0 fully saturated rings. The van der Waals surface area contributed by atoms with E-state index in [1.165, 1.54) is 12.1 Å². The van der Waals surface area contributed by atoms with E-state index >= 15 is 0 Å². The number of hydrogen-bond acceptors (Lipinski definition) is 4. The standard InChI is InChI=1S/C14H14O2.C7H8O2/c1-15-13-9-5-6-10-14(13)16-11-12-7-3-2-4-8-12;1-9-7-5-3-2-4-6(7)8/h2-10H,11H2,1H3;2-5,8H,1H3/i2*1D3. The van der Waals surface area contributed by atoms with E-state index in [4.69, 9.17) is 22.8 Å². The van der Waals surface area contributed by atoms with Gasteiger partial charge in [-0.3, -0.25) is 0 Å². The summed E-state index contributed by atoms with van der Waals surface area (Å²) in [5.74, 6) is 0.437. The average Bonchev–Trinajstić information content (AvgIpc) is 2.68. The normalized spacial score (nSPS) is 14.1. The first-order valence-electron chi connectivity index (χ1n) is 10.5. The summed E-state index contributed by atoms with van der Waals surface area (Å²) in [5.41, 5.74) is 1.01. The van der Waals surface area contributed by atoms with Gasteiger partial charge >= 0.3 is 0 Å². The van der Waals surface area contributed by atoms with Crippen LogP contribution < -0.4 is 14.2 Å². The van der Waals surface area contributed by atoms with E-state index in [1.54, 1.807) is 36.4 Å². The molecule has 3 rings (SSSR count). The molecule has 0 aromatic heterocycles. The Kier molecular flexibility index (Phi) is 4.51. The second-order valence-corrected chi connectivity index (χ2v) is 4.89. The van der Waals surface area contributed by atoms with Gasteiger partial charge in [-0.2, -0.15) is 0 Å². The molecule has 0 bridgehead atoms. The lowest BCUT2D eigenvalue weighted by Crippen LogP contribution is -1.96. The zero-order valence-corrected chi connectivity index (χ0v) is 13.4. The minimum Gasteiger partial charge on any atom is -0.504 e. The summed E-state index contributed by atoms with van der Waals surface area (Å²) in [6, 6.07) is 22.3. The van der Waals surface area contributed by atoms with E-state index in [0.717, 1.165) is 5.56 Å². The van der Waals surface area contributed by atoms with Gasteiger partial charge < -0.3 is 19.3 Å². The van der Waals surface area contributed by atoms with Crippen molar-refractivity contribution in [2.75, 3.05) is 14.1 Å². The highest BCUT2D eigenvalue weighted by atomic mass is 16.5. The van der Waals surface area contributed by atoms with Crippen molar-refractivity contribution >= 4 is 0 Å². The lowest BCUT2D eigenvalue weighted by atomic mass is 10.2. The fourth-order valence-electron chi connectivity index (χ4n) is 1.93. The van der Waals surface area contributed by atoms with Crippen LogP contribution >= 0.6 is 0 Å². The zero-order valence-electron chi connectivity index (χ0n) is 19.4. The number of para-hydroxylation sites is 4. The first-order valence-corrected chi connectivity index (χ1v) is 7.45. The minimum absolute atomic E-state index is 0.0301. The maximum absolute atomic E-state index is 9.10. The van der Waals surface area contributed by atoms with Gasteiger partial charge in [-0.1, -0.05) is 54.6 Å². The highest BCUT2D eigenvalue weighted by molar-refractivity contribution is 5.39. The number of aromatic hydroxyl groups is 1. The first-order chi connectivity index (χ1) is 14.5. The van der Waals surface area contributed by atoms with E-state index in [1.807, 2.05) is 30.3 Å². The molecule has 0 saturated heterocycles. The molecule has 0 aliphatic carbocycles. The lowest BCUT2D eigenvalue weighted by molar-refractivity contribution is 0.284. The minimum atomic E-state index is -2.52. The van der Waals surface area contributed by atoms with E-state index in [0.29, 0.717) is 12.4 Å². The zero-order chi connectivity index (χ0) is 22.9. The van der Waals surface area contributed by atoms with Gasteiger partial charge in [-0.05, 0) is 29.8 Å². The van der Waals surface area contributed by atoms with Crippen molar-refractivity contribution in [3.8, 4) is 23.0 Å². The molecule has 0 aliphatic rings. The molecule has 25 heavy (non-hydrogen) atoms. The topological polar surface area (TPSA) is 47.9 Å². The summed E-state index contributed by atoms with van der Waals surface area (Å²) in [4.78, 5) is 0. The molecule has 0 aliphatic heterocycles. The second-order valence-electron chi connectivity index (χ2n) is 4.89. The van der Waals surface area contributed by atoms with Crippen LogP contribution in [0.2, 0.25) is 0 Å². The molecule has 3 aromatic carbocycles. The first kappa shape index (κ1) is 11.4. The molecule has 3 aromatic rings. The van der Waals surface area contributed by atoms with Crippen LogP contribution in [0.4, 0.5) is 0 Å². The van der Waals surface area contributed by atoms with Gasteiger partial charge in [0.2, 0.25) is 0 Å². The summed E-state index contributed by atoms with van der Waals surface area (Å²) in [6.07, 6.45) is 0. The van der Waals surface area contributed by atoms with Crippen LogP contribution in [0.1, 0.15) is 13.8 Å². The van der Waals surface area contributed by atoms with E-state index in [-0.39, 0.29) is 17.2 Å². The molecule has 0 radical (unpaired) electrons. The molecular formula is C21H22O4. The Hall–Kier alpha value is -3.14. The molecule has 130 valence electrons. The van der Waals surface area contributed by atoms with Crippen LogP contribution in [0.15, 0.2) is 78.9 Å². The second kappa shape index (κ2) is 9.88. The number of phenolic OH excluding ortho intramolecular Hbond substituents is 1. The smallest absolute Gasteiger partial charge is 0.161 e. The van der Waals surface area contributed by atoms with Crippen molar-refractivity contribution in [2.45, 2.75) is 6.61 Å². The Morgan fingerprint density at radius 3 is 1.96 bits per heavy atom. The highest BCUT2D eigenvalue weighted by Gasteiger charge is 2.02. The van der Waals surface area contributed by atoms with Crippen molar-refractivity contribution < 1.29 is 27.5 Å². The van der Waals surface area contributed by atoms with Crippen molar-refractivity contribution in [3.63, 3.8) is 0 Å². The Labute approximate surface area is 156 Å². The predicted molar refractivity (Wildman–Crippen MR) is 98.4 cm³/mol. The third-order valence-corrected chi connectivity index (χ3v) is 3.17. The van der Waals surface area contributed by atoms with E-state index < -0.39 is 14.1 Å². The van der Waals surface area contributed by atoms with Gasteiger partial charge in [-0.25, -0.2) is 0 Å². The molecule has 0 unspecified atom stereocenters. The van der Waals surface area contributed by atoms with Crippen molar-refractivity contribution in [1.29, 1.82) is 0 Å². The van der Waals surface area contributed by atoms with Gasteiger partial charge in [0.25, 0.3) is 0 Å². The molecular weight excluding hydrogens is 316 g/mol. The maximum atomic E-state index is 9.10. The van der Waals surface area contributed by atoms with Crippen LogP contribution in [0.25, 0.3) is 0 Å². The monoisotopic (exact) mass is 344 g/mol. The molecule has 4 nitrogen and oxygen atoms in total. The van der Waals surface area contributed by atoms with Gasteiger partial charge in [0.15, 0.2) is 23.0 Å². The predicted octanol–water partition coefficient (Wildman–Crippen LogP) is 4.68. The fourth-order valence-corrected chi connectivity index (χ4v) is 1.93. The molecule has 1 N–H and O–H groups in total. The van der Waals surface area contributed by atoms with Crippen molar-refractivity contribution in [1.82, 2.24) is 0 Å². The summed E-state index contributed by atoms with van der Waals surface area (Å²) >= 11 is 0. The van der Waals surface area contributed by atoms with Crippen molar-refractivity contribution in [2.24, 2.45) is 0 Å². The Morgan fingerprint density at radius 2 is 1.28 bits per heavy atom. The molecule has 0 atom stereocenters.